The number of nitrogens with zero attached hydrogens (tertiary/aromatic N) is 2. The number of nitrogens with two attached hydrogens (primary N) is 1. The Kier molecular flexibility index (Phi) is 3.11. The molecule has 0 unspecified atom stereocenters. The third kappa shape index (κ3) is 2.29. The van der Waals surface area contributed by atoms with Crippen molar-refractivity contribution in [3.63, 3.8) is 0 Å². The molecule has 0 fully saturated rings. The van der Waals surface area contributed by atoms with Crippen molar-refractivity contribution in [3.8, 4) is 0 Å². The Morgan fingerprint density at radius 3 is 2.47 bits per heavy atom. The van der Waals surface area contributed by atoms with Gasteiger partial charge in [-0.2, -0.15) is 5.10 Å². The molecule has 2 aromatic rings. The highest BCUT2D eigenvalue weighted by atomic mass is 35.5. The summed E-state index contributed by atoms with van der Waals surface area (Å²) in [6, 6.07) is 6.35. The van der Waals surface area contributed by atoms with Gasteiger partial charge in [0.1, 0.15) is 10.8 Å². The Labute approximate surface area is 106 Å². The Morgan fingerprint density at radius 1 is 1.24 bits per heavy atom. The van der Waals surface area contributed by atoms with E-state index < -0.39 is 0 Å². The van der Waals surface area contributed by atoms with E-state index in [-0.39, 0.29) is 0 Å². The number of halogens is 1. The second-order valence-corrected chi connectivity index (χ2v) is 4.74. The van der Waals surface area contributed by atoms with Crippen molar-refractivity contribution in [1.29, 1.82) is 0 Å². The molecule has 90 valence electrons. The molecular formula is C13H16ClN3. The van der Waals surface area contributed by atoms with E-state index in [2.05, 4.69) is 37.1 Å². The van der Waals surface area contributed by atoms with Crippen LogP contribution in [0.1, 0.15) is 22.4 Å². The van der Waals surface area contributed by atoms with E-state index in [1.807, 2.05) is 6.92 Å². The molecule has 0 spiro atoms. The number of anilines is 1. The lowest BCUT2D eigenvalue weighted by Crippen LogP contribution is -2.06. The van der Waals surface area contributed by atoms with E-state index in [0.717, 1.165) is 5.69 Å². The first-order valence-corrected chi connectivity index (χ1v) is 5.91. The highest BCUT2D eigenvalue weighted by Crippen LogP contribution is 2.23. The molecule has 0 amide bonds. The summed E-state index contributed by atoms with van der Waals surface area (Å²) in [6.07, 6.45) is 0. The number of nitrogen functional groups attached to an aromatic ring is 1. The summed E-state index contributed by atoms with van der Waals surface area (Å²) in [4.78, 5) is 0. The number of benzene rings is 1. The maximum absolute atomic E-state index is 6.01. The third-order valence-electron chi connectivity index (χ3n) is 2.99. The molecule has 2 rings (SSSR count). The lowest BCUT2D eigenvalue weighted by molar-refractivity contribution is 0.689. The third-order valence-corrected chi connectivity index (χ3v) is 3.46. The quantitative estimate of drug-likeness (QED) is 0.889. The minimum Gasteiger partial charge on any atom is -0.383 e. The average Bonchev–Trinajstić information content (AvgIpc) is 2.52. The van der Waals surface area contributed by atoms with Gasteiger partial charge in [0, 0.05) is 0 Å². The topological polar surface area (TPSA) is 43.8 Å². The molecule has 0 saturated heterocycles. The van der Waals surface area contributed by atoms with Gasteiger partial charge in [-0.3, -0.25) is 0 Å². The highest BCUT2D eigenvalue weighted by molar-refractivity contribution is 6.33. The van der Waals surface area contributed by atoms with Crippen LogP contribution in [0.5, 0.6) is 0 Å². The molecule has 1 aromatic carbocycles. The monoisotopic (exact) mass is 249 g/mol. The molecule has 0 aliphatic heterocycles. The van der Waals surface area contributed by atoms with Gasteiger partial charge < -0.3 is 5.73 Å². The standard InChI is InChI=1S/C13H16ClN3/c1-8-4-5-11(6-9(8)2)7-17-13(15)12(14)10(3)16-17/h4-6H,7,15H2,1-3H3. The van der Waals surface area contributed by atoms with Crippen molar-refractivity contribution in [2.24, 2.45) is 0 Å². The SMILES string of the molecule is Cc1ccc(Cn2nc(C)c(Cl)c2N)cc1C. The first-order valence-electron chi connectivity index (χ1n) is 5.53. The lowest BCUT2D eigenvalue weighted by atomic mass is 10.1. The van der Waals surface area contributed by atoms with Crippen molar-refractivity contribution in [1.82, 2.24) is 9.78 Å². The van der Waals surface area contributed by atoms with E-state index in [1.54, 1.807) is 4.68 Å². The molecule has 0 aliphatic carbocycles. The predicted molar refractivity (Wildman–Crippen MR) is 71.4 cm³/mol. The Balaban J connectivity index is 2.31. The molecule has 0 bridgehead atoms. The van der Waals surface area contributed by atoms with Gasteiger partial charge in [0.05, 0.1) is 12.2 Å². The molecule has 1 heterocycles. The summed E-state index contributed by atoms with van der Waals surface area (Å²) < 4.78 is 1.74. The van der Waals surface area contributed by atoms with Gasteiger partial charge in [0.2, 0.25) is 0 Å². The highest BCUT2D eigenvalue weighted by Gasteiger charge is 2.10. The van der Waals surface area contributed by atoms with Crippen LogP contribution in [0.25, 0.3) is 0 Å². The summed E-state index contributed by atoms with van der Waals surface area (Å²) in [7, 11) is 0. The zero-order valence-corrected chi connectivity index (χ0v) is 11.0. The van der Waals surface area contributed by atoms with Gasteiger partial charge in [-0.1, -0.05) is 29.8 Å². The molecule has 17 heavy (non-hydrogen) atoms. The van der Waals surface area contributed by atoms with Crippen molar-refractivity contribution in [2.45, 2.75) is 27.3 Å². The van der Waals surface area contributed by atoms with Crippen molar-refractivity contribution in [2.75, 3.05) is 5.73 Å². The zero-order chi connectivity index (χ0) is 12.6. The van der Waals surface area contributed by atoms with E-state index in [9.17, 15) is 0 Å². The van der Waals surface area contributed by atoms with Crippen LogP contribution in [-0.4, -0.2) is 9.78 Å². The van der Waals surface area contributed by atoms with Gasteiger partial charge in [0.15, 0.2) is 0 Å². The molecule has 3 nitrogen and oxygen atoms in total. The number of hydrogen-bond acceptors (Lipinski definition) is 2. The minimum absolute atomic E-state index is 0.530. The maximum atomic E-state index is 6.01. The smallest absolute Gasteiger partial charge is 0.141 e. The van der Waals surface area contributed by atoms with E-state index in [1.165, 1.54) is 16.7 Å². The number of aromatic nitrogens is 2. The van der Waals surface area contributed by atoms with Gasteiger partial charge >= 0.3 is 0 Å². The fourth-order valence-electron chi connectivity index (χ4n) is 1.77. The number of rotatable bonds is 2. The van der Waals surface area contributed by atoms with Crippen LogP contribution < -0.4 is 5.73 Å². The number of hydrogen-bond donors (Lipinski definition) is 1. The summed E-state index contributed by atoms with van der Waals surface area (Å²) in [6.45, 7) is 6.71. The summed E-state index contributed by atoms with van der Waals surface area (Å²) in [5.41, 5.74) is 10.4. The maximum Gasteiger partial charge on any atom is 0.141 e. The normalized spacial score (nSPS) is 10.8. The number of aryl methyl sites for hydroxylation is 3. The Hall–Kier alpha value is -1.48. The molecule has 0 saturated carbocycles. The average molecular weight is 250 g/mol. The van der Waals surface area contributed by atoms with Crippen molar-refractivity contribution < 1.29 is 0 Å². The van der Waals surface area contributed by atoms with Crippen LogP contribution in [0.4, 0.5) is 5.82 Å². The van der Waals surface area contributed by atoms with Crippen molar-refractivity contribution in [3.05, 3.63) is 45.6 Å². The molecular weight excluding hydrogens is 234 g/mol. The van der Waals surface area contributed by atoms with E-state index in [0.29, 0.717) is 17.4 Å². The predicted octanol–water partition coefficient (Wildman–Crippen LogP) is 3.09. The largest absolute Gasteiger partial charge is 0.383 e. The minimum atomic E-state index is 0.530. The van der Waals surface area contributed by atoms with Crippen molar-refractivity contribution >= 4 is 17.4 Å². The first-order chi connectivity index (χ1) is 7.99. The Morgan fingerprint density at radius 2 is 1.94 bits per heavy atom. The fourth-order valence-corrected chi connectivity index (χ4v) is 1.91. The zero-order valence-electron chi connectivity index (χ0n) is 10.3. The molecule has 2 N–H and O–H groups in total. The first kappa shape index (κ1) is 12.0. The second kappa shape index (κ2) is 4.41. The van der Waals surface area contributed by atoms with E-state index >= 15 is 0 Å². The summed E-state index contributed by atoms with van der Waals surface area (Å²) in [5, 5.41) is 4.87. The molecule has 1 aromatic heterocycles. The van der Waals surface area contributed by atoms with Crippen LogP contribution in [0.2, 0.25) is 5.02 Å². The van der Waals surface area contributed by atoms with Crippen LogP contribution in [0.15, 0.2) is 18.2 Å². The van der Waals surface area contributed by atoms with Crippen LogP contribution >= 0.6 is 11.6 Å². The molecule has 4 heteroatoms. The van der Waals surface area contributed by atoms with Gasteiger partial charge in [-0.05, 0) is 37.5 Å². The second-order valence-electron chi connectivity index (χ2n) is 4.36. The van der Waals surface area contributed by atoms with Gasteiger partial charge in [-0.25, -0.2) is 4.68 Å². The molecule has 0 radical (unpaired) electrons. The summed E-state index contributed by atoms with van der Waals surface area (Å²) in [5.74, 6) is 0.530. The van der Waals surface area contributed by atoms with Crippen LogP contribution in [0.3, 0.4) is 0 Å². The van der Waals surface area contributed by atoms with E-state index in [4.69, 9.17) is 17.3 Å². The van der Waals surface area contributed by atoms with Crippen LogP contribution in [0, 0.1) is 20.8 Å². The molecule has 0 atom stereocenters. The molecule has 0 aliphatic rings. The van der Waals surface area contributed by atoms with Gasteiger partial charge in [-0.15, -0.1) is 0 Å². The Bertz CT molecular complexity index is 558. The lowest BCUT2D eigenvalue weighted by Gasteiger charge is -2.07. The van der Waals surface area contributed by atoms with Gasteiger partial charge in [0.25, 0.3) is 0 Å². The van der Waals surface area contributed by atoms with Crippen LogP contribution in [-0.2, 0) is 6.54 Å². The summed E-state index contributed by atoms with van der Waals surface area (Å²) >= 11 is 6.01. The fraction of sp³-hybridized carbons (Fsp3) is 0.308.